The Hall–Kier alpha value is -3.18. The second-order valence-corrected chi connectivity index (χ2v) is 8.88. The maximum absolute atomic E-state index is 14.4. The Balaban J connectivity index is 1.98. The highest BCUT2D eigenvalue weighted by Gasteiger charge is 2.31. The van der Waals surface area contributed by atoms with Crippen LogP contribution in [0.1, 0.15) is 37.0 Å². The first kappa shape index (κ1) is 25.4. The molecule has 178 valence electrons. The number of nitrogens with one attached hydrogen (secondary N) is 1. The van der Waals surface area contributed by atoms with Crippen LogP contribution in [0.15, 0.2) is 78.9 Å². The van der Waals surface area contributed by atoms with E-state index in [9.17, 15) is 14.0 Å². The molecule has 2 atom stereocenters. The summed E-state index contributed by atoms with van der Waals surface area (Å²) in [4.78, 5) is 28.6. The summed E-state index contributed by atoms with van der Waals surface area (Å²) in [5.41, 5.74) is 2.02. The molecule has 3 aromatic rings. The maximum atomic E-state index is 14.4. The number of amides is 2. The van der Waals surface area contributed by atoms with Gasteiger partial charge in [-0.25, -0.2) is 4.39 Å². The SMILES string of the molecule is CC[C@@H](C)NC(=O)[C@@H](Cc1ccccc1)N(Cc1cccc(Cl)c1)C(=O)Cc1ccccc1F. The third kappa shape index (κ3) is 7.16. The first-order valence-electron chi connectivity index (χ1n) is 11.5. The number of halogens is 2. The molecule has 0 radical (unpaired) electrons. The van der Waals surface area contributed by atoms with Crippen molar-refractivity contribution in [1.29, 1.82) is 0 Å². The second kappa shape index (κ2) is 12.3. The molecule has 6 heteroatoms. The van der Waals surface area contributed by atoms with E-state index in [0.29, 0.717) is 17.0 Å². The summed E-state index contributed by atoms with van der Waals surface area (Å²) in [6.07, 6.45) is 0.961. The van der Waals surface area contributed by atoms with Crippen LogP contribution in [-0.4, -0.2) is 28.8 Å². The fourth-order valence-corrected chi connectivity index (χ4v) is 3.95. The van der Waals surface area contributed by atoms with Crippen molar-refractivity contribution in [1.82, 2.24) is 10.2 Å². The van der Waals surface area contributed by atoms with Crippen LogP contribution in [0, 0.1) is 5.82 Å². The molecule has 0 aliphatic carbocycles. The van der Waals surface area contributed by atoms with Gasteiger partial charge in [0.25, 0.3) is 0 Å². The lowest BCUT2D eigenvalue weighted by atomic mass is 10.0. The van der Waals surface area contributed by atoms with Crippen molar-refractivity contribution >= 4 is 23.4 Å². The number of hydrogen-bond donors (Lipinski definition) is 1. The molecular formula is C28H30ClFN2O2. The molecule has 0 aromatic heterocycles. The second-order valence-electron chi connectivity index (χ2n) is 8.44. The van der Waals surface area contributed by atoms with Gasteiger partial charge < -0.3 is 10.2 Å². The van der Waals surface area contributed by atoms with Gasteiger partial charge in [0.05, 0.1) is 6.42 Å². The van der Waals surface area contributed by atoms with Crippen LogP contribution in [0.25, 0.3) is 0 Å². The van der Waals surface area contributed by atoms with E-state index in [2.05, 4.69) is 5.32 Å². The number of carbonyl (C=O) groups is 2. The third-order valence-electron chi connectivity index (χ3n) is 5.81. The monoisotopic (exact) mass is 480 g/mol. The Bertz CT molecular complexity index is 1110. The highest BCUT2D eigenvalue weighted by Crippen LogP contribution is 2.19. The van der Waals surface area contributed by atoms with Gasteiger partial charge in [0.15, 0.2) is 0 Å². The quantitative estimate of drug-likeness (QED) is 0.412. The minimum Gasteiger partial charge on any atom is -0.352 e. The number of nitrogens with zero attached hydrogens (tertiary/aromatic N) is 1. The Kier molecular flexibility index (Phi) is 9.23. The summed E-state index contributed by atoms with van der Waals surface area (Å²) < 4.78 is 14.4. The van der Waals surface area contributed by atoms with E-state index in [-0.39, 0.29) is 30.8 Å². The molecular weight excluding hydrogens is 451 g/mol. The van der Waals surface area contributed by atoms with Crippen molar-refractivity contribution < 1.29 is 14.0 Å². The van der Waals surface area contributed by atoms with Crippen LogP contribution in [0.5, 0.6) is 0 Å². The van der Waals surface area contributed by atoms with E-state index in [0.717, 1.165) is 17.5 Å². The van der Waals surface area contributed by atoms with E-state index in [1.54, 1.807) is 35.2 Å². The van der Waals surface area contributed by atoms with E-state index in [1.807, 2.05) is 56.3 Å². The summed E-state index contributed by atoms with van der Waals surface area (Å²) in [7, 11) is 0. The predicted octanol–water partition coefficient (Wildman–Crippen LogP) is 5.58. The van der Waals surface area contributed by atoms with Gasteiger partial charge in [-0.15, -0.1) is 0 Å². The lowest BCUT2D eigenvalue weighted by molar-refractivity contribution is -0.141. The molecule has 4 nitrogen and oxygen atoms in total. The molecule has 0 spiro atoms. The molecule has 0 unspecified atom stereocenters. The lowest BCUT2D eigenvalue weighted by Crippen LogP contribution is -2.52. The van der Waals surface area contributed by atoms with Gasteiger partial charge in [-0.05, 0) is 48.2 Å². The Morgan fingerprint density at radius 3 is 2.32 bits per heavy atom. The minimum absolute atomic E-state index is 0.0412. The molecule has 3 rings (SSSR count). The average molecular weight is 481 g/mol. The molecule has 2 amide bonds. The molecule has 0 aliphatic heterocycles. The molecule has 0 fully saturated rings. The Labute approximate surface area is 205 Å². The zero-order chi connectivity index (χ0) is 24.5. The molecule has 3 aromatic carbocycles. The molecule has 0 bridgehead atoms. The van der Waals surface area contributed by atoms with Gasteiger partial charge in [-0.3, -0.25) is 9.59 Å². The van der Waals surface area contributed by atoms with Crippen molar-refractivity contribution in [3.8, 4) is 0 Å². The largest absolute Gasteiger partial charge is 0.352 e. The standard InChI is InChI=1S/C28H30ClFN2O2/c1-3-20(2)31-28(34)26(17-21-10-5-4-6-11-21)32(19-22-12-9-14-24(29)16-22)27(33)18-23-13-7-8-15-25(23)30/h4-16,20,26H,3,17-19H2,1-2H3,(H,31,34)/t20-,26-/m1/s1. The summed E-state index contributed by atoms with van der Waals surface area (Å²) in [5.74, 6) is -1.00. The van der Waals surface area contributed by atoms with Crippen molar-refractivity contribution in [2.45, 2.75) is 51.7 Å². The van der Waals surface area contributed by atoms with Crippen LogP contribution in [0.2, 0.25) is 5.02 Å². The van der Waals surface area contributed by atoms with Gasteiger partial charge in [0.2, 0.25) is 11.8 Å². The highest BCUT2D eigenvalue weighted by molar-refractivity contribution is 6.30. The first-order chi connectivity index (χ1) is 16.4. The van der Waals surface area contributed by atoms with Crippen molar-refractivity contribution in [3.63, 3.8) is 0 Å². The molecule has 34 heavy (non-hydrogen) atoms. The predicted molar refractivity (Wildman–Crippen MR) is 134 cm³/mol. The summed E-state index contributed by atoms with van der Waals surface area (Å²) in [6, 6.07) is 22.2. The minimum atomic E-state index is -0.769. The first-order valence-corrected chi connectivity index (χ1v) is 11.9. The molecule has 0 saturated heterocycles. The van der Waals surface area contributed by atoms with Gasteiger partial charge in [-0.1, -0.05) is 79.2 Å². The number of rotatable bonds is 10. The summed E-state index contributed by atoms with van der Waals surface area (Å²) in [5, 5.41) is 3.57. The van der Waals surface area contributed by atoms with Crippen molar-refractivity contribution in [2.24, 2.45) is 0 Å². The van der Waals surface area contributed by atoms with Crippen LogP contribution in [0.4, 0.5) is 4.39 Å². The Morgan fingerprint density at radius 1 is 0.971 bits per heavy atom. The summed E-state index contributed by atoms with van der Waals surface area (Å²) >= 11 is 6.19. The van der Waals surface area contributed by atoms with E-state index >= 15 is 0 Å². The number of carbonyl (C=O) groups excluding carboxylic acids is 2. The van der Waals surface area contributed by atoms with Gasteiger partial charge >= 0.3 is 0 Å². The smallest absolute Gasteiger partial charge is 0.243 e. The van der Waals surface area contributed by atoms with Crippen molar-refractivity contribution in [3.05, 3.63) is 106 Å². The van der Waals surface area contributed by atoms with E-state index in [1.165, 1.54) is 6.07 Å². The average Bonchev–Trinajstić information content (AvgIpc) is 2.83. The number of benzene rings is 3. The van der Waals surface area contributed by atoms with Crippen LogP contribution < -0.4 is 5.32 Å². The van der Waals surface area contributed by atoms with Crippen LogP contribution >= 0.6 is 11.6 Å². The normalized spacial score (nSPS) is 12.6. The molecule has 1 N–H and O–H groups in total. The molecule has 0 saturated carbocycles. The lowest BCUT2D eigenvalue weighted by Gasteiger charge is -2.32. The van der Waals surface area contributed by atoms with Gasteiger partial charge in [0.1, 0.15) is 11.9 Å². The highest BCUT2D eigenvalue weighted by atomic mass is 35.5. The fraction of sp³-hybridized carbons (Fsp3) is 0.286. The maximum Gasteiger partial charge on any atom is 0.243 e. The third-order valence-corrected chi connectivity index (χ3v) is 6.05. The van der Waals surface area contributed by atoms with E-state index < -0.39 is 11.9 Å². The van der Waals surface area contributed by atoms with Crippen LogP contribution in [-0.2, 0) is 29.0 Å². The summed E-state index contributed by atoms with van der Waals surface area (Å²) in [6.45, 7) is 4.10. The zero-order valence-electron chi connectivity index (χ0n) is 19.5. The Morgan fingerprint density at radius 2 is 1.65 bits per heavy atom. The van der Waals surface area contributed by atoms with Gasteiger partial charge in [0, 0.05) is 24.0 Å². The van der Waals surface area contributed by atoms with Gasteiger partial charge in [-0.2, -0.15) is 0 Å². The topological polar surface area (TPSA) is 49.4 Å². The number of hydrogen-bond acceptors (Lipinski definition) is 2. The van der Waals surface area contributed by atoms with Crippen molar-refractivity contribution in [2.75, 3.05) is 0 Å². The molecule has 0 heterocycles. The van der Waals surface area contributed by atoms with Crippen LogP contribution in [0.3, 0.4) is 0 Å². The van der Waals surface area contributed by atoms with E-state index in [4.69, 9.17) is 11.6 Å². The zero-order valence-corrected chi connectivity index (χ0v) is 20.3. The fourth-order valence-electron chi connectivity index (χ4n) is 3.73. The molecule has 0 aliphatic rings.